The lowest BCUT2D eigenvalue weighted by atomic mass is 10.1. The predicted octanol–water partition coefficient (Wildman–Crippen LogP) is 4.24. The maximum absolute atomic E-state index is 13.3. The molecular weight excluding hydrogens is 376 g/mol. The monoisotopic (exact) mass is 406 g/mol. The molecule has 1 fully saturated rings. The van der Waals surface area contributed by atoms with Gasteiger partial charge in [-0.3, -0.25) is 9.69 Å². The maximum atomic E-state index is 13.3. The quantitative estimate of drug-likeness (QED) is 0.606. The van der Waals surface area contributed by atoms with Gasteiger partial charge in [0.05, 0.1) is 23.4 Å². The summed E-state index contributed by atoms with van der Waals surface area (Å²) in [4.78, 5) is 22.7. The number of carbonyl (C=O) groups is 1. The van der Waals surface area contributed by atoms with Crippen LogP contribution in [-0.4, -0.2) is 48.5 Å². The van der Waals surface area contributed by atoms with Crippen LogP contribution in [0.2, 0.25) is 0 Å². The Morgan fingerprint density at radius 3 is 2.63 bits per heavy atom. The fourth-order valence-corrected chi connectivity index (χ4v) is 4.28. The summed E-state index contributed by atoms with van der Waals surface area (Å²) >= 11 is 0. The molecular formula is C24H30N4O2. The van der Waals surface area contributed by atoms with E-state index >= 15 is 0 Å². The average Bonchev–Trinajstić information content (AvgIpc) is 3.50. The minimum atomic E-state index is -0.0844. The fraction of sp³-hybridized carbons (Fsp3) is 0.417. The van der Waals surface area contributed by atoms with Crippen LogP contribution in [0, 0.1) is 0 Å². The van der Waals surface area contributed by atoms with E-state index in [9.17, 15) is 4.79 Å². The van der Waals surface area contributed by atoms with E-state index in [1.807, 2.05) is 42.5 Å². The van der Waals surface area contributed by atoms with Crippen molar-refractivity contribution in [2.24, 2.45) is 0 Å². The van der Waals surface area contributed by atoms with Crippen LogP contribution >= 0.6 is 0 Å². The molecule has 0 spiro atoms. The number of aromatic nitrogens is 1. The first-order valence-corrected chi connectivity index (χ1v) is 10.9. The van der Waals surface area contributed by atoms with Crippen LogP contribution in [0.3, 0.4) is 0 Å². The maximum Gasteiger partial charge on any atom is 0.255 e. The largest absolute Gasteiger partial charge is 0.468 e. The molecule has 6 heteroatoms. The third kappa shape index (κ3) is 4.19. The minimum Gasteiger partial charge on any atom is -0.468 e. The Morgan fingerprint density at radius 1 is 1.17 bits per heavy atom. The van der Waals surface area contributed by atoms with Gasteiger partial charge in [-0.1, -0.05) is 32.0 Å². The van der Waals surface area contributed by atoms with Gasteiger partial charge in [0.15, 0.2) is 0 Å². The molecule has 1 atom stereocenters. The van der Waals surface area contributed by atoms with Gasteiger partial charge < -0.3 is 14.6 Å². The molecule has 30 heavy (non-hydrogen) atoms. The summed E-state index contributed by atoms with van der Waals surface area (Å²) in [6, 6.07) is 13.8. The summed E-state index contributed by atoms with van der Waals surface area (Å²) in [5, 5.41) is 4.14. The second-order valence-electron chi connectivity index (χ2n) is 7.71. The minimum absolute atomic E-state index is 0.00241. The summed E-state index contributed by atoms with van der Waals surface area (Å²) in [5.74, 6) is 1.58. The molecule has 0 radical (unpaired) electrons. The molecule has 1 aliphatic rings. The number of carbonyl (C=O) groups excluding carboxylic acids is 1. The lowest BCUT2D eigenvalue weighted by Gasteiger charge is -2.28. The third-order valence-electron chi connectivity index (χ3n) is 5.93. The Balaban J connectivity index is 1.61. The average molecular weight is 407 g/mol. The summed E-state index contributed by atoms with van der Waals surface area (Å²) in [7, 11) is 0. The molecule has 3 heterocycles. The third-order valence-corrected chi connectivity index (χ3v) is 5.93. The van der Waals surface area contributed by atoms with Gasteiger partial charge in [-0.15, -0.1) is 0 Å². The van der Waals surface area contributed by atoms with Crippen molar-refractivity contribution in [3.63, 3.8) is 0 Å². The molecule has 1 aliphatic heterocycles. The molecule has 3 aromatic rings. The molecule has 1 aromatic carbocycles. The first kappa shape index (κ1) is 20.4. The van der Waals surface area contributed by atoms with Gasteiger partial charge >= 0.3 is 0 Å². The highest BCUT2D eigenvalue weighted by atomic mass is 16.3. The molecule has 0 aliphatic carbocycles. The van der Waals surface area contributed by atoms with E-state index in [-0.39, 0.29) is 11.9 Å². The molecule has 158 valence electrons. The highest BCUT2D eigenvalue weighted by Crippen LogP contribution is 2.27. The Hall–Kier alpha value is -2.86. The summed E-state index contributed by atoms with van der Waals surface area (Å²) < 4.78 is 5.67. The number of benzene rings is 1. The van der Waals surface area contributed by atoms with Gasteiger partial charge in [0.25, 0.3) is 5.91 Å². The lowest BCUT2D eigenvalue weighted by molar-refractivity contribution is 0.0930. The fourth-order valence-electron chi connectivity index (χ4n) is 4.28. The van der Waals surface area contributed by atoms with Crippen molar-refractivity contribution in [3.8, 4) is 0 Å². The number of para-hydroxylation sites is 1. The molecule has 1 N–H and O–H groups in total. The van der Waals surface area contributed by atoms with E-state index in [1.54, 1.807) is 6.26 Å². The number of nitrogens with zero attached hydrogens (tertiary/aromatic N) is 3. The van der Waals surface area contributed by atoms with E-state index < -0.39 is 0 Å². The van der Waals surface area contributed by atoms with E-state index in [2.05, 4.69) is 29.0 Å². The topological polar surface area (TPSA) is 61.6 Å². The Kier molecular flexibility index (Phi) is 6.33. The Bertz CT molecular complexity index is 976. The van der Waals surface area contributed by atoms with Crippen molar-refractivity contribution in [1.29, 1.82) is 0 Å². The Morgan fingerprint density at radius 2 is 1.93 bits per heavy atom. The van der Waals surface area contributed by atoms with Crippen LogP contribution in [0.15, 0.2) is 53.1 Å². The normalized spacial score (nSPS) is 15.1. The highest BCUT2D eigenvalue weighted by Gasteiger charge is 2.25. The lowest BCUT2D eigenvalue weighted by Crippen LogP contribution is -2.38. The first-order chi connectivity index (χ1) is 14.7. The van der Waals surface area contributed by atoms with Crippen LogP contribution in [0.5, 0.6) is 0 Å². The molecule has 1 amide bonds. The van der Waals surface area contributed by atoms with E-state index in [0.29, 0.717) is 12.1 Å². The van der Waals surface area contributed by atoms with Crippen molar-refractivity contribution in [2.75, 3.05) is 37.6 Å². The number of hydrogen-bond acceptors (Lipinski definition) is 5. The number of likely N-dealkylation sites (N-methyl/N-ethyl adjacent to an activating group) is 1. The number of fused-ring (bicyclic) bond motifs is 1. The second kappa shape index (κ2) is 9.30. The zero-order valence-corrected chi connectivity index (χ0v) is 17.8. The van der Waals surface area contributed by atoms with Gasteiger partial charge in [0, 0.05) is 25.0 Å². The van der Waals surface area contributed by atoms with Gasteiger partial charge in [-0.2, -0.15) is 0 Å². The van der Waals surface area contributed by atoms with Gasteiger partial charge in [0.2, 0.25) is 0 Å². The van der Waals surface area contributed by atoms with Crippen LogP contribution < -0.4 is 10.2 Å². The molecule has 1 saturated heterocycles. The van der Waals surface area contributed by atoms with Gasteiger partial charge in [-0.25, -0.2) is 4.98 Å². The molecule has 2 aromatic heterocycles. The van der Waals surface area contributed by atoms with Crippen LogP contribution in [0.25, 0.3) is 10.9 Å². The number of anilines is 1. The van der Waals surface area contributed by atoms with Crippen LogP contribution in [-0.2, 0) is 0 Å². The molecule has 0 saturated carbocycles. The standard InChI is InChI=1S/C24H30N4O2/c1-3-27(4-2)21(22-12-9-15-30-22)17-25-24(29)19-16-18-10-5-6-11-20(18)26-23(19)28-13-7-8-14-28/h5-6,9-12,15-16,21H,3-4,7-8,13-14,17H2,1-2H3,(H,25,29). The Labute approximate surface area is 177 Å². The van der Waals surface area contributed by atoms with E-state index in [1.165, 1.54) is 0 Å². The van der Waals surface area contributed by atoms with Gasteiger partial charge in [0.1, 0.15) is 11.6 Å². The predicted molar refractivity (Wildman–Crippen MR) is 120 cm³/mol. The van der Waals surface area contributed by atoms with Crippen LogP contribution in [0.4, 0.5) is 5.82 Å². The molecule has 0 bridgehead atoms. The van der Waals surface area contributed by atoms with Crippen molar-refractivity contribution in [1.82, 2.24) is 15.2 Å². The summed E-state index contributed by atoms with van der Waals surface area (Å²) in [6.45, 7) is 8.39. The number of nitrogens with one attached hydrogen (secondary N) is 1. The van der Waals surface area contributed by atoms with Crippen molar-refractivity contribution in [3.05, 3.63) is 60.1 Å². The summed E-state index contributed by atoms with van der Waals surface area (Å²) in [6.07, 6.45) is 3.96. The van der Waals surface area contributed by atoms with Gasteiger partial charge in [-0.05, 0) is 50.2 Å². The summed E-state index contributed by atoms with van der Waals surface area (Å²) in [5.41, 5.74) is 1.57. The first-order valence-electron chi connectivity index (χ1n) is 10.9. The zero-order chi connectivity index (χ0) is 20.9. The molecule has 6 nitrogen and oxygen atoms in total. The van der Waals surface area contributed by atoms with E-state index in [0.717, 1.165) is 61.5 Å². The zero-order valence-electron chi connectivity index (χ0n) is 17.8. The number of rotatable bonds is 8. The smallest absolute Gasteiger partial charge is 0.255 e. The van der Waals surface area contributed by atoms with Crippen molar-refractivity contribution >= 4 is 22.6 Å². The number of pyridine rings is 1. The SMILES string of the molecule is CCN(CC)C(CNC(=O)c1cc2ccccc2nc1N1CCCC1)c1ccco1. The number of amides is 1. The highest BCUT2D eigenvalue weighted by molar-refractivity contribution is 6.02. The van der Waals surface area contributed by atoms with Crippen molar-refractivity contribution in [2.45, 2.75) is 32.7 Å². The number of hydrogen-bond donors (Lipinski definition) is 1. The number of furan rings is 1. The van der Waals surface area contributed by atoms with E-state index in [4.69, 9.17) is 9.40 Å². The second-order valence-corrected chi connectivity index (χ2v) is 7.71. The molecule has 4 rings (SSSR count). The van der Waals surface area contributed by atoms with Crippen LogP contribution in [0.1, 0.15) is 48.8 Å². The molecule has 1 unspecified atom stereocenters. The van der Waals surface area contributed by atoms with Crippen molar-refractivity contribution < 1.29 is 9.21 Å².